The van der Waals surface area contributed by atoms with E-state index in [1.807, 2.05) is 0 Å². The van der Waals surface area contributed by atoms with Crippen LogP contribution in [0.1, 0.15) is 23.2 Å². The minimum absolute atomic E-state index is 0.0225. The number of hydrogen-bond donors (Lipinski definition) is 2. The first kappa shape index (κ1) is 13.8. The van der Waals surface area contributed by atoms with E-state index in [0.717, 1.165) is 30.5 Å². The number of carbonyl (C=O) groups is 1. The van der Waals surface area contributed by atoms with E-state index >= 15 is 0 Å². The number of nitrogens with one attached hydrogen (secondary N) is 1. The molecule has 5 heteroatoms. The van der Waals surface area contributed by atoms with Crippen molar-refractivity contribution in [3.05, 3.63) is 48.0 Å². The van der Waals surface area contributed by atoms with Gasteiger partial charge in [-0.2, -0.15) is 0 Å². The zero-order chi connectivity index (χ0) is 14.8. The quantitative estimate of drug-likeness (QED) is 0.891. The van der Waals surface area contributed by atoms with Gasteiger partial charge in [0.2, 0.25) is 0 Å². The summed E-state index contributed by atoms with van der Waals surface area (Å²) in [4.78, 5) is 17.4. The molecule has 1 saturated heterocycles. The van der Waals surface area contributed by atoms with Crippen molar-refractivity contribution in [2.24, 2.45) is 5.73 Å². The van der Waals surface area contributed by atoms with Gasteiger partial charge in [-0.25, -0.2) is 4.39 Å². The Kier molecular flexibility index (Phi) is 3.75. The lowest BCUT2D eigenvalue weighted by molar-refractivity contribution is 0.0710. The third-order valence-corrected chi connectivity index (χ3v) is 3.88. The molecule has 2 aromatic rings. The Bertz CT molecular complexity index is 635. The largest absolute Gasteiger partial charge is 0.366 e. The highest BCUT2D eigenvalue weighted by Gasteiger charge is 2.24. The first-order chi connectivity index (χ1) is 10.1. The number of hydrogen-bond acceptors (Lipinski definition) is 2. The van der Waals surface area contributed by atoms with Crippen LogP contribution in [-0.4, -0.2) is 34.9 Å². The minimum Gasteiger partial charge on any atom is -0.366 e. The second-order valence-corrected chi connectivity index (χ2v) is 5.44. The lowest BCUT2D eigenvalue weighted by atomic mass is 10.0. The van der Waals surface area contributed by atoms with E-state index in [9.17, 15) is 9.18 Å². The molecule has 21 heavy (non-hydrogen) atoms. The molecule has 1 fully saturated rings. The fourth-order valence-electron chi connectivity index (χ4n) is 2.77. The molecule has 0 saturated carbocycles. The number of piperidine rings is 1. The summed E-state index contributed by atoms with van der Waals surface area (Å²) in [6.45, 7) is 1.33. The average Bonchev–Trinajstić information content (AvgIpc) is 2.96. The van der Waals surface area contributed by atoms with Gasteiger partial charge >= 0.3 is 0 Å². The van der Waals surface area contributed by atoms with Gasteiger partial charge in [0.25, 0.3) is 5.91 Å². The third-order valence-electron chi connectivity index (χ3n) is 3.88. The lowest BCUT2D eigenvalue weighted by Crippen LogP contribution is -2.45. The summed E-state index contributed by atoms with van der Waals surface area (Å²) in [5.74, 6) is -0.310. The molecule has 0 aliphatic carbocycles. The number of H-pyrrole nitrogens is 1. The number of nitrogens with two attached hydrogens (primary N) is 1. The Morgan fingerprint density at radius 2 is 2.05 bits per heavy atom. The molecule has 4 nitrogen and oxygen atoms in total. The van der Waals surface area contributed by atoms with E-state index in [4.69, 9.17) is 5.73 Å². The van der Waals surface area contributed by atoms with Crippen LogP contribution in [0, 0.1) is 5.82 Å². The zero-order valence-corrected chi connectivity index (χ0v) is 11.7. The van der Waals surface area contributed by atoms with Crippen molar-refractivity contribution in [2.45, 2.75) is 18.9 Å². The molecule has 1 unspecified atom stereocenters. The van der Waals surface area contributed by atoms with E-state index in [-0.39, 0.29) is 17.8 Å². The Balaban J connectivity index is 1.88. The van der Waals surface area contributed by atoms with Gasteiger partial charge in [-0.3, -0.25) is 4.79 Å². The molecule has 1 amide bonds. The van der Waals surface area contributed by atoms with Gasteiger partial charge < -0.3 is 15.6 Å². The van der Waals surface area contributed by atoms with E-state index in [0.29, 0.717) is 12.1 Å². The van der Waals surface area contributed by atoms with Crippen molar-refractivity contribution in [1.82, 2.24) is 9.88 Å². The number of amides is 1. The van der Waals surface area contributed by atoms with Crippen LogP contribution >= 0.6 is 0 Å². The minimum atomic E-state index is -0.288. The van der Waals surface area contributed by atoms with E-state index in [2.05, 4.69) is 4.98 Å². The van der Waals surface area contributed by atoms with Crippen molar-refractivity contribution in [3.63, 3.8) is 0 Å². The fraction of sp³-hybridized carbons (Fsp3) is 0.312. The molecule has 0 radical (unpaired) electrons. The zero-order valence-electron chi connectivity index (χ0n) is 11.7. The monoisotopic (exact) mass is 287 g/mol. The van der Waals surface area contributed by atoms with Crippen molar-refractivity contribution in [2.75, 3.05) is 13.1 Å². The fourth-order valence-corrected chi connectivity index (χ4v) is 2.77. The van der Waals surface area contributed by atoms with E-state index in [1.165, 1.54) is 12.1 Å². The number of aromatic nitrogens is 1. The highest BCUT2D eigenvalue weighted by molar-refractivity contribution is 6.00. The van der Waals surface area contributed by atoms with Gasteiger partial charge in [0.15, 0.2) is 0 Å². The van der Waals surface area contributed by atoms with Crippen LogP contribution in [0.25, 0.3) is 11.1 Å². The Hall–Kier alpha value is -2.14. The maximum Gasteiger partial charge on any atom is 0.256 e. The molecule has 1 aliphatic heterocycles. The van der Waals surface area contributed by atoms with Gasteiger partial charge in [-0.15, -0.1) is 0 Å². The Morgan fingerprint density at radius 3 is 2.76 bits per heavy atom. The lowest BCUT2D eigenvalue weighted by Gasteiger charge is -2.30. The summed E-state index contributed by atoms with van der Waals surface area (Å²) >= 11 is 0. The van der Waals surface area contributed by atoms with Gasteiger partial charge in [0, 0.05) is 37.1 Å². The molecule has 2 heterocycles. The van der Waals surface area contributed by atoms with Crippen molar-refractivity contribution in [3.8, 4) is 11.1 Å². The predicted octanol–water partition coefficient (Wildman–Crippen LogP) is 2.38. The summed E-state index contributed by atoms with van der Waals surface area (Å²) in [5, 5.41) is 0. The molecule has 110 valence electrons. The van der Waals surface area contributed by atoms with Crippen LogP contribution in [0.4, 0.5) is 4.39 Å². The van der Waals surface area contributed by atoms with Gasteiger partial charge in [0.05, 0.1) is 5.56 Å². The molecular weight excluding hydrogens is 269 g/mol. The number of rotatable bonds is 2. The first-order valence-electron chi connectivity index (χ1n) is 7.13. The van der Waals surface area contributed by atoms with Gasteiger partial charge in [0.1, 0.15) is 5.82 Å². The molecule has 1 aromatic heterocycles. The van der Waals surface area contributed by atoms with Crippen LogP contribution in [0.15, 0.2) is 36.7 Å². The van der Waals surface area contributed by atoms with Crippen LogP contribution in [0.3, 0.4) is 0 Å². The van der Waals surface area contributed by atoms with Gasteiger partial charge in [-0.1, -0.05) is 12.1 Å². The maximum absolute atomic E-state index is 13.0. The number of aromatic amines is 1. The topological polar surface area (TPSA) is 62.1 Å². The number of nitrogens with zero attached hydrogens (tertiary/aromatic N) is 1. The number of benzene rings is 1. The Labute approximate surface area is 122 Å². The standard InChI is InChI=1S/C16H18FN3O/c17-12-5-3-11(4-6-12)14-8-19-9-15(14)16(21)20-7-1-2-13(18)10-20/h3-6,8-9,13,19H,1-2,7,10,18H2. The summed E-state index contributed by atoms with van der Waals surface area (Å²) in [7, 11) is 0. The highest BCUT2D eigenvalue weighted by Crippen LogP contribution is 2.25. The maximum atomic E-state index is 13.0. The van der Waals surface area contributed by atoms with Crippen LogP contribution < -0.4 is 5.73 Å². The highest BCUT2D eigenvalue weighted by atomic mass is 19.1. The third kappa shape index (κ3) is 2.83. The molecular formula is C16H18FN3O. The average molecular weight is 287 g/mol. The first-order valence-corrected chi connectivity index (χ1v) is 7.13. The smallest absolute Gasteiger partial charge is 0.256 e. The number of likely N-dealkylation sites (tertiary alicyclic amines) is 1. The molecule has 3 rings (SSSR count). The van der Waals surface area contributed by atoms with E-state index < -0.39 is 0 Å². The van der Waals surface area contributed by atoms with Crippen molar-refractivity contribution < 1.29 is 9.18 Å². The molecule has 0 bridgehead atoms. The Morgan fingerprint density at radius 1 is 1.29 bits per heavy atom. The second-order valence-electron chi connectivity index (χ2n) is 5.44. The van der Waals surface area contributed by atoms with Crippen LogP contribution in [-0.2, 0) is 0 Å². The summed E-state index contributed by atoms with van der Waals surface area (Å²) in [6, 6.07) is 6.20. The van der Waals surface area contributed by atoms with Crippen molar-refractivity contribution >= 4 is 5.91 Å². The molecule has 1 atom stereocenters. The van der Waals surface area contributed by atoms with E-state index in [1.54, 1.807) is 29.4 Å². The van der Waals surface area contributed by atoms with Gasteiger partial charge in [-0.05, 0) is 30.5 Å². The van der Waals surface area contributed by atoms with Crippen molar-refractivity contribution in [1.29, 1.82) is 0 Å². The molecule has 1 aliphatic rings. The normalized spacial score (nSPS) is 18.8. The molecule has 1 aromatic carbocycles. The van der Waals surface area contributed by atoms with Crippen LogP contribution in [0.5, 0.6) is 0 Å². The SMILES string of the molecule is NC1CCCN(C(=O)c2c[nH]cc2-c2ccc(F)cc2)C1. The molecule has 0 spiro atoms. The molecule has 3 N–H and O–H groups in total. The number of carbonyl (C=O) groups excluding carboxylic acids is 1. The summed E-state index contributed by atoms with van der Waals surface area (Å²) in [6.07, 6.45) is 5.36. The second kappa shape index (κ2) is 5.69. The summed E-state index contributed by atoms with van der Waals surface area (Å²) < 4.78 is 13.0. The predicted molar refractivity (Wildman–Crippen MR) is 79.3 cm³/mol. The number of halogens is 1. The summed E-state index contributed by atoms with van der Waals surface area (Å²) in [5.41, 5.74) is 8.16. The van der Waals surface area contributed by atoms with Crippen LogP contribution in [0.2, 0.25) is 0 Å².